The normalized spacial score (nSPS) is 31.5. The first-order valence-corrected chi connectivity index (χ1v) is 15.2. The maximum absolute atomic E-state index is 13.3. The van der Waals surface area contributed by atoms with Crippen molar-refractivity contribution in [1.82, 2.24) is 19.4 Å². The van der Waals surface area contributed by atoms with Gasteiger partial charge < -0.3 is 9.80 Å². The van der Waals surface area contributed by atoms with Gasteiger partial charge in [0.1, 0.15) is 6.04 Å². The summed E-state index contributed by atoms with van der Waals surface area (Å²) in [6.45, 7) is 5.56. The van der Waals surface area contributed by atoms with E-state index in [1.165, 1.54) is 41.6 Å². The lowest BCUT2D eigenvalue weighted by atomic mass is 10.1. The number of carbonyl (C=O) groups is 2. The number of fused-ring (bicyclic) bond motifs is 1. The molecule has 0 spiro atoms. The Balaban J connectivity index is 1.18. The summed E-state index contributed by atoms with van der Waals surface area (Å²) in [6, 6.07) is 3.38. The fourth-order valence-electron chi connectivity index (χ4n) is 5.87. The third-order valence-corrected chi connectivity index (χ3v) is 10.2. The largest absolute Gasteiger partial charge is 0.336 e. The molecule has 4 heterocycles. The van der Waals surface area contributed by atoms with Gasteiger partial charge in [-0.1, -0.05) is 11.6 Å². The molecule has 2 amide bonds. The van der Waals surface area contributed by atoms with Gasteiger partial charge in [-0.2, -0.15) is 4.72 Å². The van der Waals surface area contributed by atoms with E-state index in [4.69, 9.17) is 11.6 Å². The predicted molar refractivity (Wildman–Crippen MR) is 137 cm³/mol. The summed E-state index contributed by atoms with van der Waals surface area (Å²) in [7, 11) is -3.81. The number of hydrogen-bond donors (Lipinski definition) is 1. The van der Waals surface area contributed by atoms with Gasteiger partial charge in [0.25, 0.3) is 0 Å². The fraction of sp³-hybridized carbons (Fsp3) is 0.667. The van der Waals surface area contributed by atoms with Gasteiger partial charge in [0.15, 0.2) is 0 Å². The van der Waals surface area contributed by atoms with E-state index in [1.54, 1.807) is 12.1 Å². The minimum absolute atomic E-state index is 0.0135. The van der Waals surface area contributed by atoms with Crippen LogP contribution in [0.2, 0.25) is 4.34 Å². The van der Waals surface area contributed by atoms with Crippen LogP contribution in [-0.4, -0.2) is 85.8 Å². The Morgan fingerprint density at radius 2 is 2.06 bits per heavy atom. The molecule has 192 valence electrons. The van der Waals surface area contributed by atoms with Crippen LogP contribution in [0.25, 0.3) is 6.08 Å². The zero-order chi connectivity index (χ0) is 24.7. The van der Waals surface area contributed by atoms with Gasteiger partial charge in [0.05, 0.1) is 10.9 Å². The molecular weight excluding hydrogens is 508 g/mol. The molecule has 5 rings (SSSR count). The lowest BCUT2D eigenvalue weighted by Crippen LogP contribution is -2.55. The molecule has 1 saturated carbocycles. The van der Waals surface area contributed by atoms with E-state index in [0.29, 0.717) is 46.5 Å². The van der Waals surface area contributed by atoms with E-state index in [0.717, 1.165) is 25.0 Å². The first-order chi connectivity index (χ1) is 16.7. The van der Waals surface area contributed by atoms with E-state index < -0.39 is 16.1 Å². The molecule has 1 N–H and O–H groups in total. The molecule has 3 aliphatic heterocycles. The van der Waals surface area contributed by atoms with Crippen molar-refractivity contribution in [2.24, 2.45) is 11.8 Å². The van der Waals surface area contributed by atoms with Crippen LogP contribution in [0.4, 0.5) is 0 Å². The Kier molecular flexibility index (Phi) is 7.29. The van der Waals surface area contributed by atoms with Crippen LogP contribution in [-0.2, 0) is 19.6 Å². The number of rotatable bonds is 8. The van der Waals surface area contributed by atoms with Crippen LogP contribution in [0.1, 0.15) is 43.9 Å². The van der Waals surface area contributed by atoms with Crippen molar-refractivity contribution in [2.75, 3.05) is 32.7 Å². The average molecular weight is 541 g/mol. The second-order valence-electron chi connectivity index (χ2n) is 10.3. The van der Waals surface area contributed by atoms with Crippen LogP contribution < -0.4 is 4.72 Å². The third-order valence-electron chi connectivity index (χ3n) is 7.90. The Bertz CT molecular complexity index is 1110. The summed E-state index contributed by atoms with van der Waals surface area (Å²) in [6.07, 6.45) is 6.17. The molecule has 5 atom stereocenters. The zero-order valence-corrected chi connectivity index (χ0v) is 22.3. The Morgan fingerprint density at radius 3 is 2.77 bits per heavy atom. The van der Waals surface area contributed by atoms with Crippen LogP contribution in [0.5, 0.6) is 0 Å². The monoisotopic (exact) mass is 540 g/mol. The van der Waals surface area contributed by atoms with Crippen molar-refractivity contribution in [3.63, 3.8) is 0 Å². The summed E-state index contributed by atoms with van der Waals surface area (Å²) in [5.41, 5.74) is 0. The molecule has 1 aromatic heterocycles. The second kappa shape index (κ2) is 10.1. The van der Waals surface area contributed by atoms with Crippen LogP contribution >= 0.6 is 22.9 Å². The molecule has 35 heavy (non-hydrogen) atoms. The van der Waals surface area contributed by atoms with E-state index in [1.807, 2.05) is 4.90 Å². The van der Waals surface area contributed by atoms with Gasteiger partial charge in [-0.05, 0) is 75.6 Å². The average Bonchev–Trinajstić information content (AvgIpc) is 3.08. The second-order valence-corrected chi connectivity index (χ2v) is 13.7. The highest BCUT2D eigenvalue weighted by Gasteiger charge is 2.54. The van der Waals surface area contributed by atoms with Gasteiger partial charge in [-0.25, -0.2) is 8.42 Å². The fourth-order valence-corrected chi connectivity index (χ4v) is 7.94. The molecule has 1 aromatic rings. The number of hydrogen-bond acceptors (Lipinski definition) is 6. The SMILES string of the molecule is CC1CCCN1CC1C2CC2CN1C(=O)CN1CCC[C@H](NS(=O)(=O)C=Cc2ccc(Cl)s2)C1=O. The van der Waals surface area contributed by atoms with Gasteiger partial charge in [-0.3, -0.25) is 14.5 Å². The number of thiophene rings is 1. The number of nitrogens with one attached hydrogen (secondary N) is 1. The summed E-state index contributed by atoms with van der Waals surface area (Å²) in [4.78, 5) is 33.1. The molecule has 8 nitrogen and oxygen atoms in total. The number of sulfonamides is 1. The Hall–Kier alpha value is -1.46. The van der Waals surface area contributed by atoms with Crippen LogP contribution in [0, 0.1) is 11.8 Å². The van der Waals surface area contributed by atoms with E-state index in [2.05, 4.69) is 16.5 Å². The van der Waals surface area contributed by atoms with Crippen molar-refractivity contribution < 1.29 is 18.0 Å². The van der Waals surface area contributed by atoms with Gasteiger partial charge in [0, 0.05) is 42.0 Å². The zero-order valence-electron chi connectivity index (χ0n) is 19.9. The van der Waals surface area contributed by atoms with Crippen molar-refractivity contribution >= 4 is 50.9 Å². The van der Waals surface area contributed by atoms with Gasteiger partial charge in [-0.15, -0.1) is 11.3 Å². The molecule has 0 bridgehead atoms. The predicted octanol–water partition coefficient (Wildman–Crippen LogP) is 2.61. The van der Waals surface area contributed by atoms with E-state index >= 15 is 0 Å². The number of piperidine rings is 2. The molecule has 0 aromatic carbocycles. The summed E-state index contributed by atoms with van der Waals surface area (Å²) in [5, 5.41) is 1.06. The lowest BCUT2D eigenvalue weighted by Gasteiger charge is -2.36. The molecule has 1 aliphatic carbocycles. The minimum Gasteiger partial charge on any atom is -0.336 e. The molecule has 4 unspecified atom stereocenters. The number of amides is 2. The van der Waals surface area contributed by atoms with Gasteiger partial charge >= 0.3 is 0 Å². The molecule has 3 saturated heterocycles. The highest BCUT2D eigenvalue weighted by atomic mass is 35.5. The highest BCUT2D eigenvalue weighted by molar-refractivity contribution is 7.92. The third kappa shape index (κ3) is 5.77. The molecule has 11 heteroatoms. The van der Waals surface area contributed by atoms with E-state index in [9.17, 15) is 18.0 Å². The summed E-state index contributed by atoms with van der Waals surface area (Å²) < 4.78 is 28.2. The minimum atomic E-state index is -3.81. The smallest absolute Gasteiger partial charge is 0.242 e. The van der Waals surface area contributed by atoms with Crippen molar-refractivity contribution in [3.05, 3.63) is 26.8 Å². The molecule has 4 fully saturated rings. The summed E-state index contributed by atoms with van der Waals surface area (Å²) in [5.74, 6) is 0.854. The quantitative estimate of drug-likeness (QED) is 0.547. The van der Waals surface area contributed by atoms with Crippen molar-refractivity contribution in [3.8, 4) is 0 Å². The Morgan fingerprint density at radius 1 is 1.26 bits per heavy atom. The van der Waals surface area contributed by atoms with Gasteiger partial charge in [0.2, 0.25) is 21.8 Å². The van der Waals surface area contributed by atoms with Crippen LogP contribution in [0.3, 0.4) is 0 Å². The molecular formula is C24H33ClN4O4S2. The molecule has 0 radical (unpaired) electrons. The topological polar surface area (TPSA) is 90.0 Å². The standard InChI is InChI=1S/C24H33ClN4O4S2/c1-16-4-2-9-27(16)14-21-19-12-17(19)13-29(21)23(30)15-28-10-3-5-20(24(28)31)26-35(32,33)11-8-18-6-7-22(25)34-18/h6-8,11,16-17,19-21,26H,2-5,9-10,12-15H2,1H3/t16?,17?,19?,20-,21?/m0/s1. The highest BCUT2D eigenvalue weighted by Crippen LogP contribution is 2.50. The number of likely N-dealkylation sites (tertiary alicyclic amines) is 3. The van der Waals surface area contributed by atoms with E-state index in [-0.39, 0.29) is 24.4 Å². The number of carbonyl (C=O) groups excluding carboxylic acids is 2. The first kappa shape index (κ1) is 25.2. The van der Waals surface area contributed by atoms with Crippen molar-refractivity contribution in [1.29, 1.82) is 0 Å². The number of halogens is 1. The number of nitrogens with zero attached hydrogens (tertiary/aromatic N) is 3. The Labute approximate surface area is 216 Å². The summed E-state index contributed by atoms with van der Waals surface area (Å²) >= 11 is 7.17. The van der Waals surface area contributed by atoms with Crippen molar-refractivity contribution in [2.45, 2.75) is 57.2 Å². The molecule has 4 aliphatic rings. The van der Waals surface area contributed by atoms with Crippen LogP contribution in [0.15, 0.2) is 17.5 Å². The maximum Gasteiger partial charge on any atom is 0.242 e. The lowest BCUT2D eigenvalue weighted by molar-refractivity contribution is -0.144. The first-order valence-electron chi connectivity index (χ1n) is 12.5. The maximum atomic E-state index is 13.3.